The molecule has 0 bridgehead atoms. The summed E-state index contributed by atoms with van der Waals surface area (Å²) in [5.41, 5.74) is 9.09. The average Bonchev–Trinajstić information content (AvgIpc) is 2.65. The van der Waals surface area contributed by atoms with Crippen molar-refractivity contribution in [2.24, 2.45) is 18.7 Å². The maximum atomic E-state index is 12.5. The lowest BCUT2D eigenvalue weighted by molar-refractivity contribution is -0.132. The summed E-state index contributed by atoms with van der Waals surface area (Å²) in [4.78, 5) is 14.5. The Morgan fingerprint density at radius 2 is 2.20 bits per heavy atom. The van der Waals surface area contributed by atoms with Gasteiger partial charge in [0.2, 0.25) is 5.91 Å². The van der Waals surface area contributed by atoms with E-state index in [0.29, 0.717) is 12.3 Å². The van der Waals surface area contributed by atoms with E-state index >= 15 is 0 Å². The van der Waals surface area contributed by atoms with Crippen molar-refractivity contribution in [1.82, 2.24) is 14.7 Å². The van der Waals surface area contributed by atoms with Gasteiger partial charge in [-0.1, -0.05) is 0 Å². The number of nitrogens with zero attached hydrogens (tertiary/aromatic N) is 3. The van der Waals surface area contributed by atoms with Crippen LogP contribution in [0.15, 0.2) is 0 Å². The van der Waals surface area contributed by atoms with Crippen LogP contribution in [-0.4, -0.2) is 39.7 Å². The molecule has 0 saturated carbocycles. The molecule has 0 radical (unpaired) electrons. The lowest BCUT2D eigenvalue weighted by atomic mass is 9.92. The third-order valence-corrected chi connectivity index (χ3v) is 4.54. The number of piperidine rings is 1. The molecule has 1 aliphatic rings. The fraction of sp³-hybridized carbons (Fsp3) is 0.733. The molecular formula is C15H26N4O. The molecule has 2 heterocycles. The summed E-state index contributed by atoms with van der Waals surface area (Å²) in [6.45, 7) is 7.68. The molecule has 1 aliphatic heterocycles. The molecule has 5 nitrogen and oxygen atoms in total. The van der Waals surface area contributed by atoms with Gasteiger partial charge in [-0.05, 0) is 39.5 Å². The molecule has 2 unspecified atom stereocenters. The number of aromatic nitrogens is 2. The van der Waals surface area contributed by atoms with Gasteiger partial charge in [-0.3, -0.25) is 9.48 Å². The predicted molar refractivity (Wildman–Crippen MR) is 79.3 cm³/mol. The molecule has 0 aliphatic carbocycles. The van der Waals surface area contributed by atoms with Crippen LogP contribution in [0.3, 0.4) is 0 Å². The highest BCUT2D eigenvalue weighted by atomic mass is 16.2. The lowest BCUT2D eigenvalue weighted by Crippen LogP contribution is -2.45. The van der Waals surface area contributed by atoms with E-state index in [0.717, 1.165) is 42.9 Å². The van der Waals surface area contributed by atoms with E-state index in [-0.39, 0.29) is 11.9 Å². The molecule has 1 aromatic rings. The van der Waals surface area contributed by atoms with E-state index in [1.807, 2.05) is 37.4 Å². The molecule has 0 aromatic carbocycles. The number of hydrogen-bond acceptors (Lipinski definition) is 3. The van der Waals surface area contributed by atoms with Crippen molar-refractivity contribution >= 4 is 5.91 Å². The molecule has 2 rings (SSSR count). The fourth-order valence-electron chi connectivity index (χ4n) is 3.00. The molecular weight excluding hydrogens is 252 g/mol. The smallest absolute Gasteiger partial charge is 0.227 e. The van der Waals surface area contributed by atoms with Gasteiger partial charge in [-0.15, -0.1) is 0 Å². The van der Waals surface area contributed by atoms with Gasteiger partial charge >= 0.3 is 0 Å². The minimum Gasteiger partial charge on any atom is -0.342 e. The average molecular weight is 278 g/mol. The minimum atomic E-state index is 0.160. The Kier molecular flexibility index (Phi) is 4.48. The summed E-state index contributed by atoms with van der Waals surface area (Å²) in [6, 6.07) is 0.160. The van der Waals surface area contributed by atoms with Gasteiger partial charge in [-0.2, -0.15) is 5.10 Å². The van der Waals surface area contributed by atoms with E-state index in [1.165, 1.54) is 0 Å². The first-order valence-electron chi connectivity index (χ1n) is 7.42. The van der Waals surface area contributed by atoms with Gasteiger partial charge in [0.15, 0.2) is 0 Å². The SMILES string of the molecule is Cc1nn(C)c(C)c1CC(=O)N1CCCC(C(C)N)C1. The molecule has 0 spiro atoms. The van der Waals surface area contributed by atoms with Crippen molar-refractivity contribution in [3.8, 4) is 0 Å². The molecule has 20 heavy (non-hydrogen) atoms. The van der Waals surface area contributed by atoms with Crippen LogP contribution in [0.2, 0.25) is 0 Å². The van der Waals surface area contributed by atoms with Crippen LogP contribution < -0.4 is 5.73 Å². The summed E-state index contributed by atoms with van der Waals surface area (Å²) >= 11 is 0. The number of hydrogen-bond donors (Lipinski definition) is 1. The molecule has 1 amide bonds. The maximum absolute atomic E-state index is 12.5. The highest BCUT2D eigenvalue weighted by molar-refractivity contribution is 5.79. The van der Waals surface area contributed by atoms with Gasteiger partial charge in [0.1, 0.15) is 0 Å². The van der Waals surface area contributed by atoms with Crippen LogP contribution in [0, 0.1) is 19.8 Å². The highest BCUT2D eigenvalue weighted by Gasteiger charge is 2.26. The Morgan fingerprint density at radius 1 is 1.50 bits per heavy atom. The molecule has 2 N–H and O–H groups in total. The van der Waals surface area contributed by atoms with E-state index in [4.69, 9.17) is 5.73 Å². The highest BCUT2D eigenvalue weighted by Crippen LogP contribution is 2.21. The molecule has 1 saturated heterocycles. The number of carbonyl (C=O) groups excluding carboxylic acids is 1. The Hall–Kier alpha value is -1.36. The third kappa shape index (κ3) is 3.03. The Balaban J connectivity index is 2.04. The number of rotatable bonds is 3. The third-order valence-electron chi connectivity index (χ3n) is 4.54. The number of amides is 1. The zero-order valence-corrected chi connectivity index (χ0v) is 13.0. The summed E-state index contributed by atoms with van der Waals surface area (Å²) in [6.07, 6.45) is 2.65. The summed E-state index contributed by atoms with van der Waals surface area (Å²) < 4.78 is 1.85. The molecule has 1 fully saturated rings. The van der Waals surface area contributed by atoms with Crippen molar-refractivity contribution in [3.05, 3.63) is 17.0 Å². The summed E-state index contributed by atoms with van der Waals surface area (Å²) in [7, 11) is 1.92. The zero-order valence-electron chi connectivity index (χ0n) is 13.0. The largest absolute Gasteiger partial charge is 0.342 e. The zero-order chi connectivity index (χ0) is 14.9. The second kappa shape index (κ2) is 5.95. The first-order chi connectivity index (χ1) is 9.40. The fourth-order valence-corrected chi connectivity index (χ4v) is 3.00. The molecule has 2 atom stereocenters. The molecule has 1 aromatic heterocycles. The van der Waals surface area contributed by atoms with Crippen molar-refractivity contribution in [1.29, 1.82) is 0 Å². The predicted octanol–water partition coefficient (Wildman–Crippen LogP) is 1.17. The first-order valence-corrected chi connectivity index (χ1v) is 7.42. The summed E-state index contributed by atoms with van der Waals surface area (Å²) in [5.74, 6) is 0.637. The van der Waals surface area contributed by atoms with E-state index < -0.39 is 0 Å². The van der Waals surface area contributed by atoms with E-state index in [2.05, 4.69) is 5.10 Å². The molecule has 5 heteroatoms. The monoisotopic (exact) mass is 278 g/mol. The van der Waals surface area contributed by atoms with Crippen molar-refractivity contribution in [2.45, 2.75) is 46.1 Å². The van der Waals surface area contributed by atoms with Gasteiger partial charge in [0.05, 0.1) is 12.1 Å². The Morgan fingerprint density at radius 3 is 2.75 bits per heavy atom. The van der Waals surface area contributed by atoms with Gasteiger partial charge in [-0.25, -0.2) is 0 Å². The first kappa shape index (κ1) is 15.0. The van der Waals surface area contributed by atoms with Crippen LogP contribution >= 0.6 is 0 Å². The Bertz CT molecular complexity index is 492. The standard InChI is InChI=1S/C15H26N4O/c1-10(16)13-6-5-7-19(9-13)15(20)8-14-11(2)17-18(4)12(14)3/h10,13H,5-9,16H2,1-4H3. The second-order valence-electron chi connectivity index (χ2n) is 6.05. The van der Waals surface area contributed by atoms with Crippen LogP contribution in [0.25, 0.3) is 0 Å². The van der Waals surface area contributed by atoms with Crippen LogP contribution in [0.1, 0.15) is 36.7 Å². The number of likely N-dealkylation sites (tertiary alicyclic amines) is 1. The Labute approximate surface area is 121 Å². The lowest BCUT2D eigenvalue weighted by Gasteiger charge is -2.34. The van der Waals surface area contributed by atoms with Gasteiger partial charge in [0.25, 0.3) is 0 Å². The van der Waals surface area contributed by atoms with Crippen LogP contribution in [-0.2, 0) is 18.3 Å². The van der Waals surface area contributed by atoms with Crippen LogP contribution in [0.5, 0.6) is 0 Å². The van der Waals surface area contributed by atoms with Gasteiger partial charge < -0.3 is 10.6 Å². The topological polar surface area (TPSA) is 64.2 Å². The van der Waals surface area contributed by atoms with Crippen molar-refractivity contribution in [2.75, 3.05) is 13.1 Å². The van der Waals surface area contributed by atoms with E-state index in [1.54, 1.807) is 0 Å². The minimum absolute atomic E-state index is 0.160. The van der Waals surface area contributed by atoms with Crippen LogP contribution in [0.4, 0.5) is 0 Å². The van der Waals surface area contributed by atoms with E-state index in [9.17, 15) is 4.79 Å². The second-order valence-corrected chi connectivity index (χ2v) is 6.05. The van der Waals surface area contributed by atoms with Crippen molar-refractivity contribution < 1.29 is 4.79 Å². The van der Waals surface area contributed by atoms with Crippen molar-refractivity contribution in [3.63, 3.8) is 0 Å². The molecule has 112 valence electrons. The quantitative estimate of drug-likeness (QED) is 0.902. The summed E-state index contributed by atoms with van der Waals surface area (Å²) in [5, 5.41) is 4.38. The maximum Gasteiger partial charge on any atom is 0.227 e. The number of aryl methyl sites for hydroxylation is 2. The normalized spacial score (nSPS) is 21.1. The number of carbonyl (C=O) groups is 1. The number of nitrogens with two attached hydrogens (primary N) is 1. The van der Waals surface area contributed by atoms with Gasteiger partial charge in [0, 0.05) is 37.4 Å².